The van der Waals surface area contributed by atoms with E-state index in [-0.39, 0.29) is 12.4 Å². The first kappa shape index (κ1) is 11.4. The quantitative estimate of drug-likeness (QED) is 0.599. The SMILES string of the molecule is COCCN1C(=O)NC(=N)C1C(=O)OC. The van der Waals surface area contributed by atoms with Crippen molar-refractivity contribution in [2.45, 2.75) is 6.04 Å². The molecule has 0 bridgehead atoms. The largest absolute Gasteiger partial charge is 0.467 e. The lowest BCUT2D eigenvalue weighted by Crippen LogP contribution is -2.43. The molecule has 0 aromatic carbocycles. The van der Waals surface area contributed by atoms with E-state index in [0.29, 0.717) is 6.61 Å². The first-order chi connectivity index (χ1) is 7.11. The summed E-state index contributed by atoms with van der Waals surface area (Å²) in [7, 11) is 2.71. The second-order valence-electron chi connectivity index (χ2n) is 2.96. The second-order valence-corrected chi connectivity index (χ2v) is 2.96. The number of amides is 2. The van der Waals surface area contributed by atoms with Crippen molar-refractivity contribution in [3.05, 3.63) is 0 Å². The standard InChI is InChI=1S/C8H13N3O4/c1-14-4-3-11-5(7(12)15-2)6(9)10-8(11)13/h5H,3-4H2,1-2H3,(H2,9,10,13). The van der Waals surface area contributed by atoms with E-state index in [4.69, 9.17) is 10.1 Å². The maximum atomic E-state index is 11.3. The average molecular weight is 215 g/mol. The summed E-state index contributed by atoms with van der Waals surface area (Å²) in [6, 6.07) is -1.45. The van der Waals surface area contributed by atoms with Gasteiger partial charge in [0.25, 0.3) is 0 Å². The molecule has 0 saturated carbocycles. The molecule has 15 heavy (non-hydrogen) atoms. The molecule has 84 valence electrons. The number of carbonyl (C=O) groups excluding carboxylic acids is 2. The molecule has 1 unspecified atom stereocenters. The highest BCUT2D eigenvalue weighted by atomic mass is 16.5. The van der Waals surface area contributed by atoms with Gasteiger partial charge in [0.2, 0.25) is 0 Å². The van der Waals surface area contributed by atoms with Crippen LogP contribution in [-0.4, -0.2) is 56.1 Å². The van der Waals surface area contributed by atoms with Crippen LogP contribution in [0.25, 0.3) is 0 Å². The van der Waals surface area contributed by atoms with E-state index in [1.165, 1.54) is 19.1 Å². The Morgan fingerprint density at radius 2 is 2.27 bits per heavy atom. The van der Waals surface area contributed by atoms with Crippen LogP contribution in [0, 0.1) is 5.41 Å². The van der Waals surface area contributed by atoms with Crippen LogP contribution in [0.1, 0.15) is 0 Å². The van der Waals surface area contributed by atoms with Gasteiger partial charge in [-0.2, -0.15) is 0 Å². The highest BCUT2D eigenvalue weighted by molar-refractivity contribution is 6.15. The fourth-order valence-corrected chi connectivity index (χ4v) is 1.31. The minimum atomic E-state index is -0.974. The molecule has 1 fully saturated rings. The van der Waals surface area contributed by atoms with Gasteiger partial charge in [0.1, 0.15) is 5.84 Å². The maximum absolute atomic E-state index is 11.3. The van der Waals surface area contributed by atoms with Gasteiger partial charge in [0, 0.05) is 13.7 Å². The van der Waals surface area contributed by atoms with Crippen LogP contribution in [0.5, 0.6) is 0 Å². The molecule has 0 aliphatic carbocycles. The molecule has 0 spiro atoms. The molecule has 1 saturated heterocycles. The van der Waals surface area contributed by atoms with Gasteiger partial charge in [-0.25, -0.2) is 9.59 Å². The Balaban J connectivity index is 2.75. The number of amidine groups is 1. The van der Waals surface area contributed by atoms with Gasteiger partial charge in [-0.15, -0.1) is 0 Å². The zero-order chi connectivity index (χ0) is 11.4. The van der Waals surface area contributed by atoms with E-state index < -0.39 is 18.0 Å². The first-order valence-electron chi connectivity index (χ1n) is 4.34. The lowest BCUT2D eigenvalue weighted by atomic mass is 10.2. The number of hydrogen-bond acceptors (Lipinski definition) is 5. The van der Waals surface area contributed by atoms with E-state index in [2.05, 4.69) is 10.1 Å². The molecule has 2 amide bonds. The Morgan fingerprint density at radius 1 is 1.60 bits per heavy atom. The number of carbonyl (C=O) groups is 2. The highest BCUT2D eigenvalue weighted by Gasteiger charge is 2.41. The number of ether oxygens (including phenoxy) is 2. The molecule has 1 atom stereocenters. The van der Waals surface area contributed by atoms with Crippen LogP contribution in [0.4, 0.5) is 4.79 Å². The molecular formula is C8H13N3O4. The van der Waals surface area contributed by atoms with Crippen LogP contribution in [0.3, 0.4) is 0 Å². The summed E-state index contributed by atoms with van der Waals surface area (Å²) in [6.07, 6.45) is 0. The third-order valence-corrected chi connectivity index (χ3v) is 2.05. The Morgan fingerprint density at radius 3 is 2.80 bits per heavy atom. The second kappa shape index (κ2) is 4.74. The Bertz CT molecular complexity index is 292. The molecule has 2 N–H and O–H groups in total. The normalized spacial score (nSPS) is 20.4. The average Bonchev–Trinajstić information content (AvgIpc) is 2.49. The van der Waals surface area contributed by atoms with E-state index in [9.17, 15) is 9.59 Å². The van der Waals surface area contributed by atoms with Crippen LogP contribution >= 0.6 is 0 Å². The minimum Gasteiger partial charge on any atom is -0.467 e. The zero-order valence-electron chi connectivity index (χ0n) is 8.57. The molecule has 1 aliphatic heterocycles. The molecule has 1 aliphatic rings. The number of urea groups is 1. The van der Waals surface area contributed by atoms with Crippen LogP contribution in [0.15, 0.2) is 0 Å². The number of nitrogens with one attached hydrogen (secondary N) is 2. The first-order valence-corrected chi connectivity index (χ1v) is 4.34. The van der Waals surface area contributed by atoms with Crippen LogP contribution < -0.4 is 5.32 Å². The summed E-state index contributed by atoms with van der Waals surface area (Å²) in [5.74, 6) is -0.794. The number of esters is 1. The third-order valence-electron chi connectivity index (χ3n) is 2.05. The number of nitrogens with zero attached hydrogens (tertiary/aromatic N) is 1. The van der Waals surface area contributed by atoms with Crippen molar-refractivity contribution in [3.63, 3.8) is 0 Å². The summed E-state index contributed by atoms with van der Waals surface area (Å²) in [6.45, 7) is 0.540. The maximum Gasteiger partial charge on any atom is 0.336 e. The Kier molecular flexibility index (Phi) is 3.62. The molecule has 1 rings (SSSR count). The smallest absolute Gasteiger partial charge is 0.336 e. The molecular weight excluding hydrogens is 202 g/mol. The van der Waals surface area contributed by atoms with E-state index in [1.54, 1.807) is 0 Å². The molecule has 7 nitrogen and oxygen atoms in total. The van der Waals surface area contributed by atoms with Gasteiger partial charge < -0.3 is 14.4 Å². The van der Waals surface area contributed by atoms with Gasteiger partial charge in [0.05, 0.1) is 13.7 Å². The van der Waals surface area contributed by atoms with E-state index in [0.717, 1.165) is 0 Å². The summed E-state index contributed by atoms with van der Waals surface area (Å²) in [5.41, 5.74) is 0. The monoisotopic (exact) mass is 215 g/mol. The van der Waals surface area contributed by atoms with Crippen molar-refractivity contribution in [1.82, 2.24) is 10.2 Å². The molecule has 7 heteroatoms. The van der Waals surface area contributed by atoms with Crippen LogP contribution in [-0.2, 0) is 14.3 Å². The van der Waals surface area contributed by atoms with Crippen LogP contribution in [0.2, 0.25) is 0 Å². The van der Waals surface area contributed by atoms with Crippen molar-refractivity contribution in [3.8, 4) is 0 Å². The zero-order valence-corrected chi connectivity index (χ0v) is 8.57. The van der Waals surface area contributed by atoms with Crippen molar-refractivity contribution in [2.24, 2.45) is 0 Å². The summed E-state index contributed by atoms with van der Waals surface area (Å²) in [5, 5.41) is 9.68. The predicted molar refractivity (Wildman–Crippen MR) is 50.6 cm³/mol. The lowest BCUT2D eigenvalue weighted by Gasteiger charge is -2.19. The number of hydrogen-bond donors (Lipinski definition) is 2. The molecule has 0 aromatic heterocycles. The van der Waals surface area contributed by atoms with Gasteiger partial charge in [-0.05, 0) is 0 Å². The van der Waals surface area contributed by atoms with Gasteiger partial charge in [-0.3, -0.25) is 10.7 Å². The van der Waals surface area contributed by atoms with Gasteiger partial charge in [-0.1, -0.05) is 0 Å². The van der Waals surface area contributed by atoms with E-state index in [1.807, 2.05) is 0 Å². The number of rotatable bonds is 4. The lowest BCUT2D eigenvalue weighted by molar-refractivity contribution is -0.143. The van der Waals surface area contributed by atoms with Gasteiger partial charge >= 0.3 is 12.0 Å². The van der Waals surface area contributed by atoms with Crippen molar-refractivity contribution in [1.29, 1.82) is 5.41 Å². The molecule has 0 radical (unpaired) electrons. The minimum absolute atomic E-state index is 0.164. The van der Waals surface area contributed by atoms with Crippen molar-refractivity contribution >= 4 is 17.8 Å². The van der Waals surface area contributed by atoms with E-state index >= 15 is 0 Å². The summed E-state index contributed by atoms with van der Waals surface area (Å²) < 4.78 is 9.31. The molecule has 0 aromatic rings. The Labute approximate surface area is 86.8 Å². The van der Waals surface area contributed by atoms with Crippen molar-refractivity contribution in [2.75, 3.05) is 27.4 Å². The topological polar surface area (TPSA) is 91.7 Å². The number of methoxy groups -OCH3 is 2. The Hall–Kier alpha value is -1.63. The highest BCUT2D eigenvalue weighted by Crippen LogP contribution is 2.09. The fourth-order valence-electron chi connectivity index (χ4n) is 1.31. The molecule has 1 heterocycles. The van der Waals surface area contributed by atoms with Gasteiger partial charge in [0.15, 0.2) is 6.04 Å². The summed E-state index contributed by atoms with van der Waals surface area (Å²) in [4.78, 5) is 23.8. The predicted octanol–water partition coefficient (Wildman–Crippen LogP) is -0.823. The third kappa shape index (κ3) is 2.24. The van der Waals surface area contributed by atoms with Crippen molar-refractivity contribution < 1.29 is 19.1 Å². The fraction of sp³-hybridized carbons (Fsp3) is 0.625. The summed E-state index contributed by atoms with van der Waals surface area (Å²) >= 11 is 0.